The molecule has 0 spiro atoms. The van der Waals surface area contributed by atoms with Crippen LogP contribution in [0.25, 0.3) is 0 Å². The summed E-state index contributed by atoms with van der Waals surface area (Å²) in [6.07, 6.45) is 0. The van der Waals surface area contributed by atoms with E-state index in [1.807, 2.05) is 24.3 Å². The summed E-state index contributed by atoms with van der Waals surface area (Å²) >= 11 is 4.87. The van der Waals surface area contributed by atoms with Gasteiger partial charge in [-0.15, -0.1) is 11.8 Å². The van der Waals surface area contributed by atoms with Crippen LogP contribution in [0.3, 0.4) is 0 Å². The monoisotopic (exact) mass is 340 g/mol. The Morgan fingerprint density at radius 3 is 2.63 bits per heavy atom. The van der Waals surface area contributed by atoms with Crippen LogP contribution in [0.15, 0.2) is 51.8 Å². The summed E-state index contributed by atoms with van der Waals surface area (Å²) in [5.74, 6) is -1.52. The summed E-state index contributed by atoms with van der Waals surface area (Å²) in [4.78, 5) is 11.8. The van der Waals surface area contributed by atoms with Crippen molar-refractivity contribution in [2.75, 3.05) is 0 Å². The number of halogens is 2. The van der Waals surface area contributed by atoms with Gasteiger partial charge in [-0.1, -0.05) is 24.3 Å². The fraction of sp³-hybridized carbons (Fsp3) is 0.0714. The Hall–Kier alpha value is -1.33. The topological polar surface area (TPSA) is 37.3 Å². The van der Waals surface area contributed by atoms with Crippen molar-refractivity contribution in [3.8, 4) is 0 Å². The van der Waals surface area contributed by atoms with E-state index in [1.54, 1.807) is 12.1 Å². The maximum Gasteiger partial charge on any atom is 0.338 e. The van der Waals surface area contributed by atoms with E-state index >= 15 is 0 Å². The second kappa shape index (κ2) is 6.21. The molecule has 0 atom stereocenters. The van der Waals surface area contributed by atoms with Crippen LogP contribution in [0.1, 0.15) is 15.9 Å². The molecular formula is C14H10BrFO2S. The van der Waals surface area contributed by atoms with Crippen LogP contribution in [0.4, 0.5) is 4.39 Å². The maximum absolute atomic E-state index is 13.9. The number of thioether (sulfide) groups is 1. The molecule has 2 rings (SSSR count). The molecule has 2 nitrogen and oxygen atoms in total. The number of carboxylic acid groups (broad SMARTS) is 1. The highest BCUT2D eigenvalue weighted by Crippen LogP contribution is 2.30. The zero-order valence-corrected chi connectivity index (χ0v) is 12.2. The molecule has 0 heterocycles. The molecule has 19 heavy (non-hydrogen) atoms. The van der Waals surface area contributed by atoms with Crippen LogP contribution < -0.4 is 0 Å². The van der Waals surface area contributed by atoms with E-state index in [4.69, 9.17) is 5.11 Å². The Morgan fingerprint density at radius 2 is 1.95 bits per heavy atom. The normalized spacial score (nSPS) is 10.4. The van der Waals surface area contributed by atoms with Gasteiger partial charge in [0, 0.05) is 15.1 Å². The Kier molecular flexibility index (Phi) is 4.61. The molecule has 2 aromatic rings. The van der Waals surface area contributed by atoms with Crippen molar-refractivity contribution in [2.45, 2.75) is 10.6 Å². The molecule has 0 aliphatic rings. The van der Waals surface area contributed by atoms with Gasteiger partial charge in [0.05, 0.1) is 5.56 Å². The summed E-state index contributed by atoms with van der Waals surface area (Å²) in [5, 5.41) is 8.87. The molecule has 0 bridgehead atoms. The lowest BCUT2D eigenvalue weighted by Crippen LogP contribution is -2.02. The van der Waals surface area contributed by atoms with Gasteiger partial charge >= 0.3 is 5.97 Å². The summed E-state index contributed by atoms with van der Waals surface area (Å²) in [6.45, 7) is 0. The van der Waals surface area contributed by atoms with Gasteiger partial charge in [0.1, 0.15) is 5.82 Å². The molecule has 0 unspecified atom stereocenters. The van der Waals surface area contributed by atoms with Crippen molar-refractivity contribution >= 4 is 33.7 Å². The first kappa shape index (κ1) is 14.1. The Bertz CT molecular complexity index is 616. The van der Waals surface area contributed by atoms with E-state index in [0.717, 1.165) is 9.37 Å². The molecule has 0 saturated heterocycles. The molecule has 0 saturated carbocycles. The highest BCUT2D eigenvalue weighted by Gasteiger charge is 2.13. The lowest BCUT2D eigenvalue weighted by molar-refractivity contribution is 0.0691. The van der Waals surface area contributed by atoms with Crippen LogP contribution >= 0.6 is 27.7 Å². The first-order chi connectivity index (χ1) is 9.09. The van der Waals surface area contributed by atoms with Gasteiger partial charge in [0.25, 0.3) is 0 Å². The van der Waals surface area contributed by atoms with Crippen molar-refractivity contribution in [3.63, 3.8) is 0 Å². The average molecular weight is 341 g/mol. The smallest absolute Gasteiger partial charge is 0.338 e. The Balaban J connectivity index is 2.19. The first-order valence-corrected chi connectivity index (χ1v) is 7.25. The van der Waals surface area contributed by atoms with Crippen molar-refractivity contribution in [2.24, 2.45) is 0 Å². The molecule has 2 aromatic carbocycles. The van der Waals surface area contributed by atoms with Crippen molar-refractivity contribution in [1.82, 2.24) is 0 Å². The average Bonchev–Trinajstić information content (AvgIpc) is 2.39. The van der Waals surface area contributed by atoms with Crippen molar-refractivity contribution < 1.29 is 14.3 Å². The van der Waals surface area contributed by atoms with Gasteiger partial charge in [-0.3, -0.25) is 0 Å². The minimum atomic E-state index is -1.25. The van der Waals surface area contributed by atoms with Gasteiger partial charge in [0.15, 0.2) is 0 Å². The molecule has 0 amide bonds. The Labute approximate surface area is 122 Å². The molecule has 0 aliphatic heterocycles. The number of hydrogen-bond donors (Lipinski definition) is 1. The lowest BCUT2D eigenvalue weighted by Gasteiger charge is -2.07. The third-order valence-corrected chi connectivity index (χ3v) is 4.61. The molecule has 1 N–H and O–H groups in total. The first-order valence-electron chi connectivity index (χ1n) is 5.47. The third kappa shape index (κ3) is 3.36. The van der Waals surface area contributed by atoms with Crippen LogP contribution in [-0.4, -0.2) is 11.1 Å². The molecule has 0 radical (unpaired) electrons. The summed E-state index contributed by atoms with van der Waals surface area (Å²) < 4.78 is 14.9. The zero-order chi connectivity index (χ0) is 13.8. The number of carboxylic acids is 1. The molecule has 0 aliphatic carbocycles. The van der Waals surface area contributed by atoms with Crippen molar-refractivity contribution in [3.05, 3.63) is 63.9 Å². The van der Waals surface area contributed by atoms with Crippen LogP contribution in [0, 0.1) is 5.82 Å². The zero-order valence-electron chi connectivity index (χ0n) is 9.77. The fourth-order valence-electron chi connectivity index (χ4n) is 1.57. The summed E-state index contributed by atoms with van der Waals surface area (Å²) in [5.41, 5.74) is 0.103. The second-order valence-corrected chi connectivity index (χ2v) is 5.67. The number of aromatic carboxylic acids is 1. The van der Waals surface area contributed by atoms with Gasteiger partial charge in [-0.25, -0.2) is 9.18 Å². The maximum atomic E-state index is 13.9. The lowest BCUT2D eigenvalue weighted by atomic mass is 10.1. The quantitative estimate of drug-likeness (QED) is 0.827. The Morgan fingerprint density at radius 1 is 1.21 bits per heavy atom. The predicted octanol–water partition coefficient (Wildman–Crippen LogP) is 4.58. The fourth-order valence-corrected chi connectivity index (χ4v) is 3.12. The minimum Gasteiger partial charge on any atom is -0.478 e. The van der Waals surface area contributed by atoms with E-state index in [1.165, 1.54) is 17.8 Å². The van der Waals surface area contributed by atoms with Gasteiger partial charge in [-0.2, -0.15) is 0 Å². The van der Waals surface area contributed by atoms with E-state index in [-0.39, 0.29) is 5.56 Å². The van der Waals surface area contributed by atoms with Gasteiger partial charge in [0.2, 0.25) is 0 Å². The minimum absolute atomic E-state index is 0.287. The van der Waals surface area contributed by atoms with E-state index in [0.29, 0.717) is 11.3 Å². The molecule has 0 aromatic heterocycles. The van der Waals surface area contributed by atoms with E-state index in [2.05, 4.69) is 15.9 Å². The molecule has 5 heteroatoms. The highest BCUT2D eigenvalue weighted by molar-refractivity contribution is 9.10. The number of benzene rings is 2. The molecule has 0 fully saturated rings. The van der Waals surface area contributed by atoms with Crippen molar-refractivity contribution in [1.29, 1.82) is 0 Å². The standard InChI is InChI=1S/C14H10BrFO2S/c15-11-6-1-2-7-12(11)19-8-9-4-3-5-10(13(9)16)14(17)18/h1-7H,8H2,(H,17,18). The van der Waals surface area contributed by atoms with Gasteiger partial charge < -0.3 is 5.11 Å². The molecule has 98 valence electrons. The third-order valence-electron chi connectivity index (χ3n) is 2.53. The van der Waals surface area contributed by atoms with Crippen LogP contribution in [0.5, 0.6) is 0 Å². The van der Waals surface area contributed by atoms with E-state index < -0.39 is 11.8 Å². The van der Waals surface area contributed by atoms with Crippen LogP contribution in [-0.2, 0) is 5.75 Å². The van der Waals surface area contributed by atoms with E-state index in [9.17, 15) is 9.18 Å². The number of hydrogen-bond acceptors (Lipinski definition) is 2. The number of carbonyl (C=O) groups is 1. The predicted molar refractivity (Wildman–Crippen MR) is 77.1 cm³/mol. The number of rotatable bonds is 4. The van der Waals surface area contributed by atoms with Gasteiger partial charge in [-0.05, 0) is 39.7 Å². The largest absolute Gasteiger partial charge is 0.478 e. The van der Waals surface area contributed by atoms with Crippen LogP contribution in [0.2, 0.25) is 0 Å². The SMILES string of the molecule is O=C(O)c1cccc(CSc2ccccc2Br)c1F. The summed E-state index contributed by atoms with van der Waals surface area (Å²) in [6, 6.07) is 12.1. The highest BCUT2D eigenvalue weighted by atomic mass is 79.9. The second-order valence-electron chi connectivity index (χ2n) is 3.80. The summed E-state index contributed by atoms with van der Waals surface area (Å²) in [7, 11) is 0. The molecular weight excluding hydrogens is 331 g/mol.